The number of aliphatic hydroxyl groups is 1. The summed E-state index contributed by atoms with van der Waals surface area (Å²) in [6.07, 6.45) is 1.29. The Labute approximate surface area is 106 Å². The molecule has 1 aromatic heterocycles. The first-order chi connectivity index (χ1) is 8.83. The number of aliphatic hydroxyl groups excluding tert-OH is 1. The summed E-state index contributed by atoms with van der Waals surface area (Å²) >= 11 is 0. The Morgan fingerprint density at radius 2 is 2.17 bits per heavy atom. The number of rotatable bonds is 5. The zero-order valence-electron chi connectivity index (χ0n) is 10.3. The van der Waals surface area contributed by atoms with Crippen molar-refractivity contribution < 1.29 is 9.84 Å². The Morgan fingerprint density at radius 1 is 1.39 bits per heavy atom. The molecule has 0 aromatic carbocycles. The molecule has 0 aliphatic carbocycles. The zero-order chi connectivity index (χ0) is 12.8. The highest BCUT2D eigenvalue weighted by molar-refractivity contribution is 5.49. The third-order valence-electron chi connectivity index (χ3n) is 2.80. The highest BCUT2D eigenvalue weighted by Crippen LogP contribution is 2.17. The Kier molecular flexibility index (Phi) is 4.68. The molecular formula is C11H19N5O2. The summed E-state index contributed by atoms with van der Waals surface area (Å²) in [5.41, 5.74) is 2.55. The average molecular weight is 253 g/mol. The van der Waals surface area contributed by atoms with Crippen LogP contribution in [0.3, 0.4) is 0 Å². The maximum atomic E-state index is 8.85. The molecule has 0 amide bonds. The highest BCUT2D eigenvalue weighted by Gasteiger charge is 2.14. The first-order valence-corrected chi connectivity index (χ1v) is 6.11. The summed E-state index contributed by atoms with van der Waals surface area (Å²) in [6.45, 7) is 3.19. The number of nitrogens with two attached hydrogens (primary N) is 1. The van der Waals surface area contributed by atoms with Gasteiger partial charge in [-0.2, -0.15) is 0 Å². The van der Waals surface area contributed by atoms with Crippen molar-refractivity contribution in [3.05, 3.63) is 11.9 Å². The van der Waals surface area contributed by atoms with E-state index in [4.69, 9.17) is 15.7 Å². The van der Waals surface area contributed by atoms with Crippen molar-refractivity contribution in [1.82, 2.24) is 9.97 Å². The molecule has 1 fully saturated rings. The van der Waals surface area contributed by atoms with Crippen LogP contribution in [0.15, 0.2) is 6.07 Å². The summed E-state index contributed by atoms with van der Waals surface area (Å²) in [6, 6.07) is 1.83. The van der Waals surface area contributed by atoms with Crippen molar-refractivity contribution in [3.63, 3.8) is 0 Å². The Hall–Kier alpha value is -1.44. The smallest absolute Gasteiger partial charge is 0.145 e. The number of ether oxygens (including phenoxy) is 1. The minimum Gasteiger partial charge on any atom is -0.396 e. The number of aromatic nitrogens is 2. The topological polar surface area (TPSA) is 96.5 Å². The molecule has 100 valence electrons. The van der Waals surface area contributed by atoms with E-state index in [0.29, 0.717) is 37.7 Å². The first-order valence-electron chi connectivity index (χ1n) is 6.11. The standard InChI is InChI=1S/C11H19N5O2/c12-15-10-8-11(16-3-6-18-7-4-16)14-9(13-10)2-1-5-17/h8,17H,1-7,12H2,(H,13,14,15). The van der Waals surface area contributed by atoms with E-state index in [2.05, 4.69) is 20.3 Å². The van der Waals surface area contributed by atoms with Crippen LogP contribution < -0.4 is 16.2 Å². The molecule has 0 saturated carbocycles. The molecule has 1 aromatic rings. The van der Waals surface area contributed by atoms with Crippen LogP contribution in [0.5, 0.6) is 0 Å². The normalized spacial score (nSPS) is 15.8. The van der Waals surface area contributed by atoms with E-state index in [1.54, 1.807) is 0 Å². The van der Waals surface area contributed by atoms with Gasteiger partial charge >= 0.3 is 0 Å². The molecule has 7 nitrogen and oxygen atoms in total. The monoisotopic (exact) mass is 253 g/mol. The number of nitrogens with zero attached hydrogens (tertiary/aromatic N) is 3. The molecule has 0 atom stereocenters. The van der Waals surface area contributed by atoms with Crippen molar-refractivity contribution >= 4 is 11.6 Å². The molecule has 1 saturated heterocycles. The zero-order valence-corrected chi connectivity index (χ0v) is 10.3. The number of morpholine rings is 1. The van der Waals surface area contributed by atoms with Gasteiger partial charge in [-0.15, -0.1) is 0 Å². The maximum Gasteiger partial charge on any atom is 0.145 e. The molecule has 0 spiro atoms. The number of hydrogen-bond acceptors (Lipinski definition) is 7. The quantitative estimate of drug-likeness (QED) is 0.482. The van der Waals surface area contributed by atoms with Crippen molar-refractivity contribution in [1.29, 1.82) is 0 Å². The third kappa shape index (κ3) is 3.28. The molecule has 0 bridgehead atoms. The van der Waals surface area contributed by atoms with Gasteiger partial charge in [0.25, 0.3) is 0 Å². The molecule has 0 unspecified atom stereocenters. The van der Waals surface area contributed by atoms with Crippen molar-refractivity contribution in [2.45, 2.75) is 12.8 Å². The lowest BCUT2D eigenvalue weighted by molar-refractivity contribution is 0.122. The highest BCUT2D eigenvalue weighted by atomic mass is 16.5. The van der Waals surface area contributed by atoms with E-state index in [-0.39, 0.29) is 6.61 Å². The molecule has 18 heavy (non-hydrogen) atoms. The molecular weight excluding hydrogens is 234 g/mol. The fourth-order valence-electron chi connectivity index (χ4n) is 1.86. The fraction of sp³-hybridized carbons (Fsp3) is 0.636. The van der Waals surface area contributed by atoms with Gasteiger partial charge in [-0.1, -0.05) is 0 Å². The summed E-state index contributed by atoms with van der Waals surface area (Å²) in [4.78, 5) is 10.9. The molecule has 2 rings (SSSR count). The van der Waals surface area contributed by atoms with Gasteiger partial charge in [0.05, 0.1) is 13.2 Å². The summed E-state index contributed by atoms with van der Waals surface area (Å²) < 4.78 is 5.31. The van der Waals surface area contributed by atoms with Crippen LogP contribution in [0.2, 0.25) is 0 Å². The predicted molar refractivity (Wildman–Crippen MR) is 68.3 cm³/mol. The first kappa shape index (κ1) is 13.0. The second-order valence-electron chi connectivity index (χ2n) is 4.10. The van der Waals surface area contributed by atoms with Gasteiger partial charge in [-0.3, -0.25) is 0 Å². The Bertz CT molecular complexity index is 382. The lowest BCUT2D eigenvalue weighted by atomic mass is 10.3. The van der Waals surface area contributed by atoms with E-state index in [1.807, 2.05) is 6.07 Å². The molecule has 1 aliphatic rings. The Morgan fingerprint density at radius 3 is 2.83 bits per heavy atom. The van der Waals surface area contributed by atoms with Crippen LogP contribution in [0.25, 0.3) is 0 Å². The largest absolute Gasteiger partial charge is 0.396 e. The number of aryl methyl sites for hydroxylation is 1. The number of nitrogen functional groups attached to an aromatic ring is 1. The minimum absolute atomic E-state index is 0.135. The number of anilines is 2. The van der Waals surface area contributed by atoms with Crippen LogP contribution in [0, 0.1) is 0 Å². The lowest BCUT2D eigenvalue weighted by Crippen LogP contribution is -2.37. The summed E-state index contributed by atoms with van der Waals surface area (Å²) in [5, 5.41) is 8.85. The Balaban J connectivity index is 2.16. The maximum absolute atomic E-state index is 8.85. The van der Waals surface area contributed by atoms with E-state index in [0.717, 1.165) is 18.9 Å². The average Bonchev–Trinajstić information content (AvgIpc) is 2.45. The van der Waals surface area contributed by atoms with E-state index >= 15 is 0 Å². The minimum atomic E-state index is 0.135. The SMILES string of the molecule is NNc1cc(N2CCOCC2)nc(CCCO)n1. The van der Waals surface area contributed by atoms with Gasteiger partial charge in [0.2, 0.25) is 0 Å². The van der Waals surface area contributed by atoms with E-state index < -0.39 is 0 Å². The van der Waals surface area contributed by atoms with Crippen molar-refractivity contribution in [2.75, 3.05) is 43.2 Å². The van der Waals surface area contributed by atoms with Crippen LogP contribution in [-0.2, 0) is 11.2 Å². The van der Waals surface area contributed by atoms with E-state index in [1.165, 1.54) is 0 Å². The summed E-state index contributed by atoms with van der Waals surface area (Å²) in [7, 11) is 0. The van der Waals surface area contributed by atoms with Gasteiger partial charge < -0.3 is 20.2 Å². The van der Waals surface area contributed by atoms with Crippen molar-refractivity contribution in [2.24, 2.45) is 5.84 Å². The fourth-order valence-corrected chi connectivity index (χ4v) is 1.86. The molecule has 0 radical (unpaired) electrons. The van der Waals surface area contributed by atoms with Crippen LogP contribution in [0.1, 0.15) is 12.2 Å². The predicted octanol–water partition coefficient (Wildman–Crippen LogP) is -0.476. The second kappa shape index (κ2) is 6.48. The van der Waals surface area contributed by atoms with Gasteiger partial charge in [0.1, 0.15) is 17.5 Å². The summed E-state index contributed by atoms with van der Waals surface area (Å²) in [5.74, 6) is 7.56. The number of hydrazine groups is 1. The molecule has 2 heterocycles. The van der Waals surface area contributed by atoms with E-state index in [9.17, 15) is 0 Å². The van der Waals surface area contributed by atoms with Crippen LogP contribution in [0.4, 0.5) is 11.6 Å². The van der Waals surface area contributed by atoms with Crippen LogP contribution >= 0.6 is 0 Å². The molecule has 4 N–H and O–H groups in total. The van der Waals surface area contributed by atoms with Gasteiger partial charge in [-0.25, -0.2) is 15.8 Å². The molecule has 7 heteroatoms. The van der Waals surface area contributed by atoms with Crippen molar-refractivity contribution in [3.8, 4) is 0 Å². The van der Waals surface area contributed by atoms with Gasteiger partial charge in [0.15, 0.2) is 0 Å². The third-order valence-corrected chi connectivity index (χ3v) is 2.80. The van der Waals surface area contributed by atoms with Gasteiger partial charge in [-0.05, 0) is 6.42 Å². The number of hydrogen-bond donors (Lipinski definition) is 3. The molecule has 1 aliphatic heterocycles. The van der Waals surface area contributed by atoms with Crippen LogP contribution in [-0.4, -0.2) is 48.0 Å². The van der Waals surface area contributed by atoms with Gasteiger partial charge in [0, 0.05) is 32.2 Å². The second-order valence-corrected chi connectivity index (χ2v) is 4.10. The number of nitrogens with one attached hydrogen (secondary N) is 1. The lowest BCUT2D eigenvalue weighted by Gasteiger charge is -2.28.